The van der Waals surface area contributed by atoms with Gasteiger partial charge in [-0.05, 0) is 17.7 Å². The first-order valence-corrected chi connectivity index (χ1v) is 5.29. The van der Waals surface area contributed by atoms with E-state index in [0.717, 1.165) is 30.5 Å². The lowest BCUT2D eigenvalue weighted by atomic mass is 10.0. The second kappa shape index (κ2) is 4.80. The largest absolute Gasteiger partial charge is 0.477 e. The van der Waals surface area contributed by atoms with Crippen molar-refractivity contribution >= 4 is 5.97 Å². The Morgan fingerprint density at radius 2 is 1.80 bits per heavy atom. The molecule has 0 atom stereocenters. The fraction of sp³-hybridized carbons (Fsp3) is 0.0833. The summed E-state index contributed by atoms with van der Waals surface area (Å²) in [5, 5.41) is 14.4. The van der Waals surface area contributed by atoms with Gasteiger partial charge in [0.15, 0.2) is 0 Å². The van der Waals surface area contributed by atoms with Crippen LogP contribution in [0, 0.1) is 0 Å². The number of aromatic nitrogens is 2. The van der Waals surface area contributed by atoms with Crippen LogP contribution in [0.2, 0.25) is 0 Å². The van der Waals surface area contributed by atoms with Crippen LogP contribution in [0.15, 0.2) is 35.3 Å². The van der Waals surface area contributed by atoms with E-state index in [1.54, 1.807) is 0 Å². The molecule has 0 saturated carbocycles. The van der Waals surface area contributed by atoms with E-state index in [1.807, 2.05) is 5.10 Å². The van der Waals surface area contributed by atoms with Crippen LogP contribution in [-0.4, -0.2) is 21.3 Å². The van der Waals surface area contributed by atoms with Crippen molar-refractivity contribution in [1.29, 1.82) is 0 Å². The number of H-pyrrole nitrogens is 1. The van der Waals surface area contributed by atoms with Gasteiger partial charge in [-0.15, -0.1) is 0 Å². The van der Waals surface area contributed by atoms with Crippen LogP contribution in [0.25, 0.3) is 11.1 Å². The predicted octanol–water partition coefficient (Wildman–Crippen LogP) is 2.15. The Kier molecular flexibility index (Phi) is 3.31. The molecular formula is C12H7F3N2O3. The van der Waals surface area contributed by atoms with Crippen LogP contribution in [0.4, 0.5) is 13.2 Å². The molecule has 20 heavy (non-hydrogen) atoms. The van der Waals surface area contributed by atoms with Crippen molar-refractivity contribution < 1.29 is 23.1 Å². The van der Waals surface area contributed by atoms with E-state index in [1.165, 1.54) is 0 Å². The van der Waals surface area contributed by atoms with Crippen molar-refractivity contribution in [3.63, 3.8) is 0 Å². The Hall–Kier alpha value is -2.64. The van der Waals surface area contributed by atoms with E-state index >= 15 is 0 Å². The summed E-state index contributed by atoms with van der Waals surface area (Å²) in [6, 6.07) is 3.79. The van der Waals surface area contributed by atoms with Gasteiger partial charge in [0, 0.05) is 5.56 Å². The van der Waals surface area contributed by atoms with E-state index in [-0.39, 0.29) is 11.1 Å². The molecule has 0 unspecified atom stereocenters. The Morgan fingerprint density at radius 3 is 2.30 bits per heavy atom. The number of aromatic amines is 1. The SMILES string of the molecule is O=C(O)c1c(-c2ccc(C(F)(F)F)cc2)cn[nH]c1=O. The number of nitrogens with one attached hydrogen (secondary N) is 1. The minimum absolute atomic E-state index is 0.0463. The zero-order valence-electron chi connectivity index (χ0n) is 9.73. The van der Waals surface area contributed by atoms with Gasteiger partial charge in [0.25, 0.3) is 5.56 Å². The van der Waals surface area contributed by atoms with E-state index in [0.29, 0.717) is 0 Å². The number of rotatable bonds is 2. The third-order valence-corrected chi connectivity index (χ3v) is 2.59. The van der Waals surface area contributed by atoms with Gasteiger partial charge in [0.1, 0.15) is 5.56 Å². The zero-order chi connectivity index (χ0) is 14.9. The number of aromatic carboxylic acids is 1. The summed E-state index contributed by atoms with van der Waals surface area (Å²) < 4.78 is 37.3. The minimum atomic E-state index is -4.49. The first-order chi connectivity index (χ1) is 9.30. The Morgan fingerprint density at radius 1 is 1.20 bits per heavy atom. The summed E-state index contributed by atoms with van der Waals surface area (Å²) >= 11 is 0. The molecule has 1 aromatic carbocycles. The van der Waals surface area contributed by atoms with Gasteiger partial charge in [-0.25, -0.2) is 9.89 Å². The highest BCUT2D eigenvalue weighted by Crippen LogP contribution is 2.31. The number of nitrogens with zero attached hydrogens (tertiary/aromatic N) is 1. The molecule has 1 aromatic heterocycles. The normalized spacial score (nSPS) is 11.3. The molecule has 8 heteroatoms. The molecule has 2 aromatic rings. The van der Waals surface area contributed by atoms with Crippen LogP contribution in [0.1, 0.15) is 15.9 Å². The molecule has 5 nitrogen and oxygen atoms in total. The number of alkyl halides is 3. The Bertz CT molecular complexity index is 705. The smallest absolute Gasteiger partial charge is 0.416 e. The van der Waals surface area contributed by atoms with E-state index in [9.17, 15) is 22.8 Å². The van der Waals surface area contributed by atoms with Gasteiger partial charge in [-0.1, -0.05) is 12.1 Å². The first-order valence-electron chi connectivity index (χ1n) is 5.29. The Labute approximate surface area is 109 Å². The second-order valence-electron chi connectivity index (χ2n) is 3.87. The maximum Gasteiger partial charge on any atom is 0.416 e. The number of hydrogen-bond acceptors (Lipinski definition) is 3. The average molecular weight is 284 g/mol. The fourth-order valence-corrected chi connectivity index (χ4v) is 1.67. The lowest BCUT2D eigenvalue weighted by molar-refractivity contribution is -0.137. The molecule has 0 saturated heterocycles. The van der Waals surface area contributed by atoms with Gasteiger partial charge >= 0.3 is 12.1 Å². The molecule has 0 aliphatic rings. The van der Waals surface area contributed by atoms with E-state index in [2.05, 4.69) is 5.10 Å². The summed E-state index contributed by atoms with van der Waals surface area (Å²) in [6.45, 7) is 0. The van der Waals surface area contributed by atoms with Gasteiger partial charge < -0.3 is 5.11 Å². The monoisotopic (exact) mass is 284 g/mol. The number of carbonyl (C=O) groups is 1. The molecule has 0 fully saturated rings. The topological polar surface area (TPSA) is 83.0 Å². The number of benzene rings is 1. The molecule has 0 spiro atoms. The van der Waals surface area contributed by atoms with Crippen molar-refractivity contribution in [2.24, 2.45) is 0 Å². The summed E-state index contributed by atoms with van der Waals surface area (Å²) in [4.78, 5) is 22.4. The van der Waals surface area contributed by atoms with Gasteiger partial charge in [-0.2, -0.15) is 18.3 Å². The lowest BCUT2D eigenvalue weighted by Gasteiger charge is -2.08. The highest BCUT2D eigenvalue weighted by molar-refractivity contribution is 5.95. The molecule has 2 N–H and O–H groups in total. The molecule has 0 amide bonds. The third kappa shape index (κ3) is 2.53. The average Bonchev–Trinajstić information content (AvgIpc) is 2.37. The number of carboxylic acid groups (broad SMARTS) is 1. The second-order valence-corrected chi connectivity index (χ2v) is 3.87. The predicted molar refractivity (Wildman–Crippen MR) is 62.3 cm³/mol. The van der Waals surface area contributed by atoms with E-state index < -0.39 is 28.8 Å². The quantitative estimate of drug-likeness (QED) is 0.885. The highest BCUT2D eigenvalue weighted by Gasteiger charge is 2.30. The number of hydrogen-bond donors (Lipinski definition) is 2. The summed E-state index contributed by atoms with van der Waals surface area (Å²) in [6.07, 6.45) is -3.41. The summed E-state index contributed by atoms with van der Waals surface area (Å²) in [5.41, 5.74) is -2.24. The van der Waals surface area contributed by atoms with Gasteiger partial charge in [0.05, 0.1) is 11.8 Å². The molecule has 1 heterocycles. The molecular weight excluding hydrogens is 277 g/mol. The Balaban J connectivity index is 2.56. The van der Waals surface area contributed by atoms with Crippen LogP contribution >= 0.6 is 0 Å². The van der Waals surface area contributed by atoms with Crippen molar-refractivity contribution in [3.8, 4) is 11.1 Å². The molecule has 0 bridgehead atoms. The highest BCUT2D eigenvalue weighted by atomic mass is 19.4. The van der Waals surface area contributed by atoms with Crippen molar-refractivity contribution in [1.82, 2.24) is 10.2 Å². The first kappa shape index (κ1) is 13.8. The van der Waals surface area contributed by atoms with Crippen LogP contribution in [0.3, 0.4) is 0 Å². The van der Waals surface area contributed by atoms with Crippen LogP contribution in [-0.2, 0) is 6.18 Å². The van der Waals surface area contributed by atoms with Gasteiger partial charge in [0.2, 0.25) is 0 Å². The maximum absolute atomic E-state index is 12.4. The molecule has 0 aliphatic carbocycles. The maximum atomic E-state index is 12.4. The molecule has 104 valence electrons. The summed E-state index contributed by atoms with van der Waals surface area (Å²) in [5.74, 6) is -1.48. The molecule has 2 rings (SSSR count). The van der Waals surface area contributed by atoms with Crippen molar-refractivity contribution in [2.45, 2.75) is 6.18 Å². The molecule has 0 radical (unpaired) electrons. The number of halogens is 3. The molecule has 0 aliphatic heterocycles. The van der Waals surface area contributed by atoms with Crippen LogP contribution in [0.5, 0.6) is 0 Å². The van der Waals surface area contributed by atoms with E-state index in [4.69, 9.17) is 5.11 Å². The van der Waals surface area contributed by atoms with Gasteiger partial charge in [-0.3, -0.25) is 4.79 Å². The zero-order valence-corrected chi connectivity index (χ0v) is 9.73. The third-order valence-electron chi connectivity index (χ3n) is 2.59. The summed E-state index contributed by atoms with van der Waals surface area (Å²) in [7, 11) is 0. The standard InChI is InChI=1S/C12H7F3N2O3/c13-12(14,15)7-3-1-6(2-4-7)8-5-16-17-10(18)9(8)11(19)20/h1-5H,(H,17,18)(H,19,20). The van der Waals surface area contributed by atoms with Crippen LogP contribution < -0.4 is 5.56 Å². The number of carboxylic acids is 1. The fourth-order valence-electron chi connectivity index (χ4n) is 1.67. The minimum Gasteiger partial charge on any atom is -0.477 e. The lowest BCUT2D eigenvalue weighted by Crippen LogP contribution is -2.19. The van der Waals surface area contributed by atoms with Crippen molar-refractivity contribution in [2.75, 3.05) is 0 Å². The van der Waals surface area contributed by atoms with Crippen molar-refractivity contribution in [3.05, 3.63) is 51.9 Å².